The number of halogens is 1. The third-order valence-corrected chi connectivity index (χ3v) is 10.1. The molecule has 0 radical (unpaired) electrons. The molecule has 0 unspecified atom stereocenters. The van der Waals surface area contributed by atoms with Gasteiger partial charge in [-0.25, -0.2) is 9.97 Å². The van der Waals surface area contributed by atoms with Gasteiger partial charge in [-0.15, -0.1) is 0 Å². The minimum atomic E-state index is 0.696. The molecule has 0 amide bonds. The van der Waals surface area contributed by atoms with Crippen LogP contribution in [0.15, 0.2) is 164 Å². The fraction of sp³-hybridized carbons (Fsp3) is 0.0435. The summed E-state index contributed by atoms with van der Waals surface area (Å²) in [4.78, 5) is 9.80. The molecule has 0 spiro atoms. The Kier molecular flexibility index (Phi) is 7.60. The van der Waals surface area contributed by atoms with Crippen LogP contribution in [0.5, 0.6) is 0 Å². The molecule has 0 bridgehead atoms. The van der Waals surface area contributed by atoms with E-state index in [9.17, 15) is 0 Å². The standard InChI is InChI=1S/C46H33ClN4/c1-50-43-17-9-7-15-41(43)48-45(50)32-23-19-30(20-24-32)37-11-3-5-13-39(37)34-27-35(29-36(47)28-34)40-14-6-4-12-38(40)31-21-25-33(26-22-31)46-49-42-16-8-10-18-44(42)51(46)2/h3-29H,1-2H3. The monoisotopic (exact) mass is 676 g/mol. The Morgan fingerprint density at radius 3 is 1.10 bits per heavy atom. The van der Waals surface area contributed by atoms with Gasteiger partial charge in [0.15, 0.2) is 0 Å². The van der Waals surface area contributed by atoms with E-state index in [0.29, 0.717) is 5.02 Å². The van der Waals surface area contributed by atoms with Gasteiger partial charge < -0.3 is 9.13 Å². The molecule has 9 rings (SSSR count). The lowest BCUT2D eigenvalue weighted by Crippen LogP contribution is -1.93. The van der Waals surface area contributed by atoms with E-state index in [2.05, 4.69) is 175 Å². The summed E-state index contributed by atoms with van der Waals surface area (Å²) in [6, 6.07) is 57.3. The second-order valence-corrected chi connectivity index (χ2v) is 13.4. The van der Waals surface area contributed by atoms with Crippen LogP contribution in [0.25, 0.3) is 89.4 Å². The third-order valence-electron chi connectivity index (χ3n) is 9.86. The van der Waals surface area contributed by atoms with Gasteiger partial charge in [0.1, 0.15) is 11.6 Å². The molecular formula is C46H33ClN4. The lowest BCUT2D eigenvalue weighted by Gasteiger charge is -2.15. The Bertz CT molecular complexity index is 2530. The molecule has 0 N–H and O–H groups in total. The Morgan fingerprint density at radius 1 is 0.373 bits per heavy atom. The van der Waals surface area contributed by atoms with Crippen molar-refractivity contribution in [3.05, 3.63) is 169 Å². The summed E-state index contributed by atoms with van der Waals surface area (Å²) in [5, 5.41) is 0.696. The highest BCUT2D eigenvalue weighted by Crippen LogP contribution is 2.40. The first-order chi connectivity index (χ1) is 25.0. The van der Waals surface area contributed by atoms with E-state index in [4.69, 9.17) is 21.6 Å². The van der Waals surface area contributed by atoms with Crippen molar-refractivity contribution in [2.45, 2.75) is 0 Å². The van der Waals surface area contributed by atoms with Gasteiger partial charge in [0.05, 0.1) is 22.1 Å². The Balaban J connectivity index is 1.06. The van der Waals surface area contributed by atoms with Crippen LogP contribution in [-0.2, 0) is 14.1 Å². The molecule has 5 heteroatoms. The molecule has 244 valence electrons. The summed E-state index contributed by atoms with van der Waals surface area (Å²) < 4.78 is 4.31. The number of imidazole rings is 2. The largest absolute Gasteiger partial charge is 0.327 e. The van der Waals surface area contributed by atoms with Crippen molar-refractivity contribution in [3.8, 4) is 67.3 Å². The summed E-state index contributed by atoms with van der Waals surface area (Å²) >= 11 is 6.90. The summed E-state index contributed by atoms with van der Waals surface area (Å²) in [7, 11) is 4.14. The van der Waals surface area contributed by atoms with Gasteiger partial charge in [-0.2, -0.15) is 0 Å². The Morgan fingerprint density at radius 2 is 0.706 bits per heavy atom. The third kappa shape index (κ3) is 5.51. The van der Waals surface area contributed by atoms with Crippen molar-refractivity contribution in [2.75, 3.05) is 0 Å². The predicted molar refractivity (Wildman–Crippen MR) is 213 cm³/mol. The van der Waals surface area contributed by atoms with E-state index in [1.807, 2.05) is 12.1 Å². The van der Waals surface area contributed by atoms with Crippen LogP contribution >= 0.6 is 11.6 Å². The summed E-state index contributed by atoms with van der Waals surface area (Å²) in [6.45, 7) is 0. The number of fused-ring (bicyclic) bond motifs is 2. The van der Waals surface area contributed by atoms with Crippen molar-refractivity contribution < 1.29 is 0 Å². The second-order valence-electron chi connectivity index (χ2n) is 12.9. The quantitative estimate of drug-likeness (QED) is 0.176. The number of aromatic nitrogens is 4. The molecule has 2 aromatic heterocycles. The maximum absolute atomic E-state index is 6.90. The minimum Gasteiger partial charge on any atom is -0.327 e. The summed E-state index contributed by atoms with van der Waals surface area (Å²) in [6.07, 6.45) is 0. The number of hydrogen-bond acceptors (Lipinski definition) is 2. The molecule has 0 atom stereocenters. The minimum absolute atomic E-state index is 0.696. The SMILES string of the molecule is Cn1c(-c2ccc(-c3ccccc3-c3cc(Cl)cc(-c4ccccc4-c4ccc(-c5nc6ccccc6n5C)cc4)c3)cc2)nc2ccccc21. The number of benzene rings is 7. The van der Waals surface area contributed by atoms with Crippen LogP contribution in [0.2, 0.25) is 5.02 Å². The van der Waals surface area contributed by atoms with Crippen molar-refractivity contribution in [1.29, 1.82) is 0 Å². The highest BCUT2D eigenvalue weighted by Gasteiger charge is 2.15. The first-order valence-electron chi connectivity index (χ1n) is 17.1. The molecule has 2 heterocycles. The highest BCUT2D eigenvalue weighted by molar-refractivity contribution is 6.31. The lowest BCUT2D eigenvalue weighted by molar-refractivity contribution is 0.959. The van der Waals surface area contributed by atoms with Gasteiger partial charge in [0, 0.05) is 30.2 Å². The lowest BCUT2D eigenvalue weighted by atomic mass is 9.90. The number of nitrogens with zero attached hydrogens (tertiary/aromatic N) is 4. The van der Waals surface area contributed by atoms with Crippen LogP contribution < -0.4 is 0 Å². The Hall–Kier alpha value is -6.23. The zero-order chi connectivity index (χ0) is 34.5. The topological polar surface area (TPSA) is 35.6 Å². The normalized spacial score (nSPS) is 11.4. The molecule has 7 aromatic carbocycles. The molecule has 9 aromatic rings. The molecule has 4 nitrogen and oxygen atoms in total. The zero-order valence-corrected chi connectivity index (χ0v) is 29.0. The van der Waals surface area contributed by atoms with Crippen LogP contribution in [0.1, 0.15) is 0 Å². The van der Waals surface area contributed by atoms with E-state index in [-0.39, 0.29) is 0 Å². The van der Waals surface area contributed by atoms with Crippen LogP contribution in [0.4, 0.5) is 0 Å². The number of hydrogen-bond donors (Lipinski definition) is 0. The zero-order valence-electron chi connectivity index (χ0n) is 28.3. The summed E-state index contributed by atoms with van der Waals surface area (Å²) in [5.41, 5.74) is 15.4. The second kappa shape index (κ2) is 12.6. The van der Waals surface area contributed by atoms with E-state index >= 15 is 0 Å². The first-order valence-corrected chi connectivity index (χ1v) is 17.4. The van der Waals surface area contributed by atoms with Crippen LogP contribution in [0.3, 0.4) is 0 Å². The first kappa shape index (κ1) is 30.8. The van der Waals surface area contributed by atoms with E-state index in [1.165, 1.54) is 0 Å². The molecule has 51 heavy (non-hydrogen) atoms. The smallest absolute Gasteiger partial charge is 0.140 e. The average molecular weight is 677 g/mol. The van der Waals surface area contributed by atoms with Gasteiger partial charge in [0.2, 0.25) is 0 Å². The number of rotatable bonds is 6. The van der Waals surface area contributed by atoms with Gasteiger partial charge in [-0.1, -0.05) is 133 Å². The molecule has 0 saturated carbocycles. The van der Waals surface area contributed by atoms with Crippen molar-refractivity contribution in [1.82, 2.24) is 19.1 Å². The number of para-hydroxylation sites is 4. The maximum Gasteiger partial charge on any atom is 0.140 e. The molecular weight excluding hydrogens is 644 g/mol. The molecule has 0 fully saturated rings. The van der Waals surface area contributed by atoms with E-state index in [0.717, 1.165) is 89.4 Å². The Labute approximate surface area is 301 Å². The number of aryl methyl sites for hydroxylation is 2. The van der Waals surface area contributed by atoms with E-state index < -0.39 is 0 Å². The van der Waals surface area contributed by atoms with Crippen molar-refractivity contribution in [2.24, 2.45) is 14.1 Å². The molecule has 0 aliphatic rings. The molecule has 0 aliphatic carbocycles. The fourth-order valence-electron chi connectivity index (χ4n) is 7.28. The molecule has 0 aliphatic heterocycles. The van der Waals surface area contributed by atoms with Crippen molar-refractivity contribution >= 4 is 33.7 Å². The van der Waals surface area contributed by atoms with Gasteiger partial charge >= 0.3 is 0 Å². The average Bonchev–Trinajstić information content (AvgIpc) is 3.71. The van der Waals surface area contributed by atoms with Crippen LogP contribution in [0, 0.1) is 0 Å². The van der Waals surface area contributed by atoms with E-state index in [1.54, 1.807) is 0 Å². The van der Waals surface area contributed by atoms with Crippen molar-refractivity contribution in [3.63, 3.8) is 0 Å². The van der Waals surface area contributed by atoms with Crippen LogP contribution in [-0.4, -0.2) is 19.1 Å². The maximum atomic E-state index is 6.90. The van der Waals surface area contributed by atoms with Gasteiger partial charge in [-0.3, -0.25) is 0 Å². The summed E-state index contributed by atoms with van der Waals surface area (Å²) in [5.74, 6) is 1.91. The fourth-order valence-corrected chi connectivity index (χ4v) is 7.51. The highest BCUT2D eigenvalue weighted by atomic mass is 35.5. The molecule has 0 saturated heterocycles. The predicted octanol–water partition coefficient (Wildman–Crippen LogP) is 12.1. The van der Waals surface area contributed by atoms with Gasteiger partial charge in [0.25, 0.3) is 0 Å². The van der Waals surface area contributed by atoms with Gasteiger partial charge in [-0.05, 0) is 87.0 Å².